The first kappa shape index (κ1) is 12.4. The van der Waals surface area contributed by atoms with Crippen LogP contribution >= 0.6 is 11.6 Å². The number of rotatable bonds is 3. The predicted octanol–water partition coefficient (Wildman–Crippen LogP) is 1.03. The monoisotopic (exact) mass is 242 g/mol. The second-order valence-corrected chi connectivity index (χ2v) is 3.51. The summed E-state index contributed by atoms with van der Waals surface area (Å²) in [6.45, 7) is 1.52. The van der Waals surface area contributed by atoms with Crippen molar-refractivity contribution in [1.82, 2.24) is 10.3 Å². The number of aromatic nitrogens is 1. The van der Waals surface area contributed by atoms with Gasteiger partial charge in [0, 0.05) is 11.2 Å². The summed E-state index contributed by atoms with van der Waals surface area (Å²) in [4.78, 5) is 26.5. The second-order valence-electron chi connectivity index (χ2n) is 3.08. The summed E-state index contributed by atoms with van der Waals surface area (Å²) in [6, 6.07) is 2.25. The van der Waals surface area contributed by atoms with E-state index >= 15 is 0 Å². The van der Waals surface area contributed by atoms with Crippen molar-refractivity contribution in [1.29, 1.82) is 0 Å². The number of hydrogen-bond donors (Lipinski definition) is 1. The molecule has 0 saturated heterocycles. The van der Waals surface area contributed by atoms with Crippen LogP contribution in [0.15, 0.2) is 18.3 Å². The minimum atomic E-state index is -0.724. The van der Waals surface area contributed by atoms with E-state index in [0.29, 0.717) is 5.02 Å². The van der Waals surface area contributed by atoms with E-state index in [1.807, 2.05) is 0 Å². The highest BCUT2D eigenvalue weighted by molar-refractivity contribution is 6.30. The van der Waals surface area contributed by atoms with Crippen molar-refractivity contribution in [3.05, 3.63) is 29.0 Å². The van der Waals surface area contributed by atoms with Crippen molar-refractivity contribution >= 4 is 23.5 Å². The summed E-state index contributed by atoms with van der Waals surface area (Å²) in [5, 5.41) is 2.85. The van der Waals surface area contributed by atoms with Crippen molar-refractivity contribution < 1.29 is 14.3 Å². The number of nitrogens with one attached hydrogen (secondary N) is 1. The van der Waals surface area contributed by atoms with Gasteiger partial charge >= 0.3 is 5.97 Å². The van der Waals surface area contributed by atoms with Gasteiger partial charge in [-0.05, 0) is 19.1 Å². The lowest BCUT2D eigenvalue weighted by atomic mass is 10.3. The maximum absolute atomic E-state index is 11.6. The van der Waals surface area contributed by atoms with Crippen LogP contribution in [-0.2, 0) is 9.53 Å². The lowest BCUT2D eigenvalue weighted by Crippen LogP contribution is -2.39. The van der Waals surface area contributed by atoms with Gasteiger partial charge in [-0.15, -0.1) is 0 Å². The molecule has 0 aliphatic carbocycles. The molecule has 1 unspecified atom stereocenters. The van der Waals surface area contributed by atoms with E-state index in [1.165, 1.54) is 26.3 Å². The highest BCUT2D eigenvalue weighted by Crippen LogP contribution is 2.07. The molecule has 1 aromatic rings. The van der Waals surface area contributed by atoms with Crippen molar-refractivity contribution in [2.45, 2.75) is 13.0 Å². The fourth-order valence-electron chi connectivity index (χ4n) is 1.04. The predicted molar refractivity (Wildman–Crippen MR) is 58.2 cm³/mol. The van der Waals surface area contributed by atoms with Gasteiger partial charge in [0.25, 0.3) is 5.91 Å². The van der Waals surface area contributed by atoms with Gasteiger partial charge in [-0.2, -0.15) is 0 Å². The van der Waals surface area contributed by atoms with Crippen LogP contribution in [0.4, 0.5) is 0 Å². The maximum Gasteiger partial charge on any atom is 0.328 e. The molecule has 0 radical (unpaired) electrons. The van der Waals surface area contributed by atoms with Gasteiger partial charge in [0.1, 0.15) is 11.7 Å². The fraction of sp³-hybridized carbons (Fsp3) is 0.300. The van der Waals surface area contributed by atoms with Crippen molar-refractivity contribution in [2.75, 3.05) is 7.11 Å². The summed E-state index contributed by atoms with van der Waals surface area (Å²) >= 11 is 5.70. The number of esters is 1. The average Bonchev–Trinajstić information content (AvgIpc) is 2.27. The van der Waals surface area contributed by atoms with Crippen LogP contribution in [0.5, 0.6) is 0 Å². The minimum absolute atomic E-state index is 0.156. The van der Waals surface area contributed by atoms with E-state index in [-0.39, 0.29) is 5.69 Å². The molecule has 1 atom stereocenters. The number of amides is 1. The maximum atomic E-state index is 11.6. The van der Waals surface area contributed by atoms with Crippen LogP contribution in [-0.4, -0.2) is 30.0 Å². The molecule has 1 aromatic heterocycles. The molecule has 1 N–H and O–H groups in total. The lowest BCUT2D eigenvalue weighted by molar-refractivity contribution is -0.142. The molecule has 1 rings (SSSR count). The normalized spacial score (nSPS) is 11.7. The molecule has 1 heterocycles. The zero-order valence-electron chi connectivity index (χ0n) is 8.86. The number of ether oxygens (including phenoxy) is 1. The lowest BCUT2D eigenvalue weighted by Gasteiger charge is -2.10. The Morgan fingerprint density at radius 3 is 2.81 bits per heavy atom. The number of carbonyl (C=O) groups is 2. The van der Waals surface area contributed by atoms with Crippen LogP contribution < -0.4 is 5.32 Å². The first-order valence-electron chi connectivity index (χ1n) is 4.55. The second kappa shape index (κ2) is 5.46. The number of carbonyl (C=O) groups excluding carboxylic acids is 2. The van der Waals surface area contributed by atoms with Crippen LogP contribution in [0.2, 0.25) is 5.02 Å². The highest BCUT2D eigenvalue weighted by Gasteiger charge is 2.17. The zero-order chi connectivity index (χ0) is 12.1. The highest BCUT2D eigenvalue weighted by atomic mass is 35.5. The first-order valence-corrected chi connectivity index (χ1v) is 4.92. The SMILES string of the molecule is COC(=O)C(C)NC(=O)c1cc(Cl)ccn1. The third kappa shape index (κ3) is 3.20. The quantitative estimate of drug-likeness (QED) is 0.804. The van der Waals surface area contributed by atoms with Crippen molar-refractivity contribution in [3.8, 4) is 0 Å². The Bertz CT molecular complexity index is 409. The van der Waals surface area contributed by atoms with Gasteiger partial charge in [-0.1, -0.05) is 11.6 Å². The van der Waals surface area contributed by atoms with Crippen molar-refractivity contribution in [2.24, 2.45) is 0 Å². The Morgan fingerprint density at radius 2 is 2.25 bits per heavy atom. The van der Waals surface area contributed by atoms with Gasteiger partial charge in [-0.25, -0.2) is 4.79 Å². The molecule has 0 spiro atoms. The molecular formula is C10H11ClN2O3. The third-order valence-corrected chi connectivity index (χ3v) is 2.09. The Morgan fingerprint density at radius 1 is 1.56 bits per heavy atom. The summed E-state index contributed by atoms with van der Waals surface area (Å²) in [5.74, 6) is -0.990. The fourth-order valence-corrected chi connectivity index (χ4v) is 1.19. The molecule has 1 amide bonds. The van der Waals surface area contributed by atoms with Crippen molar-refractivity contribution in [3.63, 3.8) is 0 Å². The molecule has 0 aliphatic heterocycles. The van der Waals surface area contributed by atoms with Gasteiger partial charge in [0.05, 0.1) is 7.11 Å². The van der Waals surface area contributed by atoms with Gasteiger partial charge < -0.3 is 10.1 Å². The van der Waals surface area contributed by atoms with Gasteiger partial charge in [-0.3, -0.25) is 9.78 Å². The first-order chi connectivity index (χ1) is 7.54. The number of nitrogens with zero attached hydrogens (tertiary/aromatic N) is 1. The molecule has 6 heteroatoms. The smallest absolute Gasteiger partial charge is 0.328 e. The zero-order valence-corrected chi connectivity index (χ0v) is 9.62. The molecule has 0 bridgehead atoms. The topological polar surface area (TPSA) is 68.3 Å². The summed E-state index contributed by atoms with van der Waals surface area (Å²) in [7, 11) is 1.25. The molecule has 5 nitrogen and oxygen atoms in total. The molecule has 86 valence electrons. The molecule has 0 fully saturated rings. The number of methoxy groups -OCH3 is 1. The number of halogens is 1. The number of pyridine rings is 1. The van der Waals surface area contributed by atoms with Gasteiger partial charge in [0.2, 0.25) is 0 Å². The Labute approximate surface area is 97.8 Å². The van der Waals surface area contributed by atoms with E-state index in [1.54, 1.807) is 6.07 Å². The molecule has 0 aliphatic rings. The van der Waals surface area contributed by atoms with E-state index in [0.717, 1.165) is 0 Å². The van der Waals surface area contributed by atoms with Crippen LogP contribution in [0.1, 0.15) is 17.4 Å². The molecule has 0 aromatic carbocycles. The molecule has 16 heavy (non-hydrogen) atoms. The number of hydrogen-bond acceptors (Lipinski definition) is 4. The van der Waals surface area contributed by atoms with Crippen LogP contribution in [0, 0.1) is 0 Å². The van der Waals surface area contributed by atoms with E-state index in [9.17, 15) is 9.59 Å². The standard InChI is InChI=1S/C10H11ClN2O3/c1-6(10(15)16-2)13-9(14)8-5-7(11)3-4-12-8/h3-6H,1-2H3,(H,13,14). The van der Waals surface area contributed by atoms with E-state index in [4.69, 9.17) is 11.6 Å². The largest absolute Gasteiger partial charge is 0.467 e. The van der Waals surface area contributed by atoms with E-state index in [2.05, 4.69) is 15.0 Å². The van der Waals surface area contributed by atoms with E-state index < -0.39 is 17.9 Å². The van der Waals surface area contributed by atoms with Crippen LogP contribution in [0.3, 0.4) is 0 Å². The Balaban J connectivity index is 2.69. The van der Waals surface area contributed by atoms with Crippen LogP contribution in [0.25, 0.3) is 0 Å². The molecular weight excluding hydrogens is 232 g/mol. The minimum Gasteiger partial charge on any atom is -0.467 e. The Kier molecular flexibility index (Phi) is 4.25. The van der Waals surface area contributed by atoms with Gasteiger partial charge in [0.15, 0.2) is 0 Å². The third-order valence-electron chi connectivity index (χ3n) is 1.86. The molecule has 0 saturated carbocycles. The summed E-state index contributed by atoms with van der Waals surface area (Å²) in [5.41, 5.74) is 0.156. The summed E-state index contributed by atoms with van der Waals surface area (Å²) < 4.78 is 4.47. The summed E-state index contributed by atoms with van der Waals surface area (Å²) in [6.07, 6.45) is 1.42. The Hall–Kier alpha value is -1.62. The average molecular weight is 243 g/mol.